The first-order chi connectivity index (χ1) is 18.4. The fourth-order valence-corrected chi connectivity index (χ4v) is 5.48. The molecule has 0 aliphatic carbocycles. The van der Waals surface area contributed by atoms with E-state index in [9.17, 15) is 4.79 Å². The summed E-state index contributed by atoms with van der Waals surface area (Å²) >= 11 is 23.3. The summed E-state index contributed by atoms with van der Waals surface area (Å²) in [4.78, 5) is 20.5. The number of nitrogens with zero attached hydrogens (tertiary/aromatic N) is 2. The highest BCUT2D eigenvalue weighted by Crippen LogP contribution is 2.39. The van der Waals surface area contributed by atoms with Gasteiger partial charge in [-0.15, -0.1) is 0 Å². The van der Waals surface area contributed by atoms with Gasteiger partial charge >= 0.3 is 0 Å². The maximum atomic E-state index is 13.7. The third kappa shape index (κ3) is 6.28. The minimum atomic E-state index is -0.206. The molecule has 0 bridgehead atoms. The van der Waals surface area contributed by atoms with Crippen molar-refractivity contribution in [1.29, 1.82) is 0 Å². The van der Waals surface area contributed by atoms with Crippen LogP contribution >= 0.6 is 62.5 Å². The summed E-state index contributed by atoms with van der Waals surface area (Å²) in [7, 11) is 0. The molecule has 1 aliphatic rings. The van der Waals surface area contributed by atoms with Gasteiger partial charge in [0.2, 0.25) is 0 Å². The van der Waals surface area contributed by atoms with Crippen LogP contribution in [-0.4, -0.2) is 11.1 Å². The lowest BCUT2D eigenvalue weighted by Gasteiger charge is -2.15. The van der Waals surface area contributed by atoms with Crippen molar-refractivity contribution in [2.24, 2.45) is 4.99 Å². The number of anilines is 1. The van der Waals surface area contributed by atoms with E-state index in [0.717, 1.165) is 15.6 Å². The summed E-state index contributed by atoms with van der Waals surface area (Å²) in [6, 6.07) is 27.4. The molecule has 38 heavy (non-hydrogen) atoms. The summed E-state index contributed by atoms with van der Waals surface area (Å²) in [5.74, 6) is 0.414. The Balaban J connectivity index is 1.51. The first-order valence-corrected chi connectivity index (χ1v) is 14.1. The predicted molar refractivity (Wildman–Crippen MR) is 163 cm³/mol. The van der Waals surface area contributed by atoms with E-state index in [4.69, 9.17) is 44.5 Å². The van der Waals surface area contributed by atoms with E-state index < -0.39 is 0 Å². The van der Waals surface area contributed by atoms with Gasteiger partial charge in [0.05, 0.1) is 16.3 Å². The molecule has 0 spiro atoms. The lowest BCUT2D eigenvalue weighted by Crippen LogP contribution is -2.28. The standard InChI is InChI=1S/C29H18BrCl3N2O2S/c30-20-5-14-26(37-17-18-3-1-2-4-25(18)33)19(15-20)16-27-28(36)35(24-12-8-22(32)9-13-24)29(38-27)34-23-10-6-21(31)7-11-23/h1-16H,17H2/b27-16-,34-29?. The molecule has 0 unspecified atom stereocenters. The number of benzene rings is 4. The highest BCUT2D eigenvalue weighted by Gasteiger charge is 2.35. The number of amides is 1. The second kappa shape index (κ2) is 12.0. The van der Waals surface area contributed by atoms with Gasteiger partial charge in [-0.1, -0.05) is 68.9 Å². The monoisotopic (exact) mass is 642 g/mol. The third-order valence-corrected chi connectivity index (χ3v) is 7.88. The molecular formula is C29H18BrCl3N2O2S. The van der Waals surface area contributed by atoms with Crippen molar-refractivity contribution in [3.05, 3.63) is 127 Å². The Labute approximate surface area is 248 Å². The lowest BCUT2D eigenvalue weighted by atomic mass is 10.1. The lowest BCUT2D eigenvalue weighted by molar-refractivity contribution is -0.113. The zero-order valence-corrected chi connectivity index (χ0v) is 24.2. The van der Waals surface area contributed by atoms with E-state index in [1.165, 1.54) is 11.8 Å². The van der Waals surface area contributed by atoms with Crippen LogP contribution in [-0.2, 0) is 11.4 Å². The molecule has 0 atom stereocenters. The molecule has 1 amide bonds. The molecule has 1 fully saturated rings. The number of carbonyl (C=O) groups excluding carboxylic acids is 1. The molecule has 1 aliphatic heterocycles. The average molecular weight is 645 g/mol. The predicted octanol–water partition coefficient (Wildman–Crippen LogP) is 9.80. The maximum Gasteiger partial charge on any atom is 0.271 e. The quantitative estimate of drug-likeness (QED) is 0.196. The summed E-state index contributed by atoms with van der Waals surface area (Å²) < 4.78 is 6.98. The molecule has 4 aromatic rings. The molecule has 190 valence electrons. The Bertz CT molecular complexity index is 1560. The van der Waals surface area contributed by atoms with E-state index in [0.29, 0.717) is 48.9 Å². The van der Waals surface area contributed by atoms with E-state index >= 15 is 0 Å². The van der Waals surface area contributed by atoms with Crippen molar-refractivity contribution >= 4 is 91.0 Å². The number of carbonyl (C=O) groups is 1. The highest BCUT2D eigenvalue weighted by molar-refractivity contribution is 9.10. The topological polar surface area (TPSA) is 41.9 Å². The molecular weight excluding hydrogens is 627 g/mol. The number of halogens is 4. The molecule has 0 radical (unpaired) electrons. The van der Waals surface area contributed by atoms with Gasteiger partial charge in [-0.3, -0.25) is 9.69 Å². The summed E-state index contributed by atoms with van der Waals surface area (Å²) in [5.41, 5.74) is 2.95. The first kappa shape index (κ1) is 26.9. The van der Waals surface area contributed by atoms with Gasteiger partial charge in [0.15, 0.2) is 5.17 Å². The number of rotatable bonds is 6. The summed E-state index contributed by atoms with van der Waals surface area (Å²) in [6.45, 7) is 0.290. The van der Waals surface area contributed by atoms with Crippen molar-refractivity contribution in [2.75, 3.05) is 4.90 Å². The fraction of sp³-hybridized carbons (Fsp3) is 0.0345. The number of hydrogen-bond acceptors (Lipinski definition) is 4. The van der Waals surface area contributed by atoms with Gasteiger partial charge in [-0.25, -0.2) is 4.99 Å². The minimum absolute atomic E-state index is 0.206. The van der Waals surface area contributed by atoms with Crippen LogP contribution in [0.15, 0.2) is 105 Å². The van der Waals surface area contributed by atoms with Crippen molar-refractivity contribution in [3.63, 3.8) is 0 Å². The van der Waals surface area contributed by atoms with Crippen LogP contribution in [0.2, 0.25) is 15.1 Å². The number of ether oxygens (including phenoxy) is 1. The van der Waals surface area contributed by atoms with Gasteiger partial charge in [0, 0.05) is 30.7 Å². The summed E-state index contributed by atoms with van der Waals surface area (Å²) in [6.07, 6.45) is 1.81. The van der Waals surface area contributed by atoms with Crippen molar-refractivity contribution in [2.45, 2.75) is 6.61 Å². The van der Waals surface area contributed by atoms with Gasteiger partial charge < -0.3 is 4.74 Å². The van der Waals surface area contributed by atoms with Gasteiger partial charge in [-0.2, -0.15) is 0 Å². The fourth-order valence-electron chi connectivity index (χ4n) is 3.67. The number of hydrogen-bond donors (Lipinski definition) is 0. The van der Waals surface area contributed by atoms with Crippen molar-refractivity contribution < 1.29 is 9.53 Å². The zero-order valence-electron chi connectivity index (χ0n) is 19.6. The molecule has 1 saturated heterocycles. The number of aliphatic imine (C=N–C) groups is 1. The Kier molecular flexibility index (Phi) is 8.46. The normalized spacial score (nSPS) is 15.5. The van der Waals surface area contributed by atoms with Gasteiger partial charge in [0.1, 0.15) is 12.4 Å². The second-order valence-electron chi connectivity index (χ2n) is 8.16. The van der Waals surface area contributed by atoms with Crippen LogP contribution < -0.4 is 9.64 Å². The molecule has 4 nitrogen and oxygen atoms in total. The molecule has 1 heterocycles. The summed E-state index contributed by atoms with van der Waals surface area (Å²) in [5, 5.41) is 2.33. The van der Waals surface area contributed by atoms with Crippen LogP contribution in [0.5, 0.6) is 5.75 Å². The highest BCUT2D eigenvalue weighted by atomic mass is 79.9. The average Bonchev–Trinajstić information content (AvgIpc) is 3.20. The van der Waals surface area contributed by atoms with Crippen molar-refractivity contribution in [3.8, 4) is 5.75 Å². The molecule has 0 aromatic heterocycles. The molecule has 4 aromatic carbocycles. The number of amidine groups is 1. The number of thioether (sulfide) groups is 1. The molecule has 0 saturated carbocycles. The van der Waals surface area contributed by atoms with E-state index in [1.807, 2.05) is 48.5 Å². The van der Waals surface area contributed by atoms with Gasteiger partial charge in [0.25, 0.3) is 5.91 Å². The van der Waals surface area contributed by atoms with E-state index in [2.05, 4.69) is 15.9 Å². The van der Waals surface area contributed by atoms with Crippen molar-refractivity contribution in [1.82, 2.24) is 0 Å². The minimum Gasteiger partial charge on any atom is -0.488 e. The van der Waals surface area contributed by atoms with Crippen LogP contribution in [0, 0.1) is 0 Å². The van der Waals surface area contributed by atoms with Crippen LogP contribution in [0.4, 0.5) is 11.4 Å². The Morgan fingerprint density at radius 2 is 1.58 bits per heavy atom. The Morgan fingerprint density at radius 1 is 0.895 bits per heavy atom. The Hall–Kier alpha value is -2.74. The molecule has 0 N–H and O–H groups in total. The largest absolute Gasteiger partial charge is 0.488 e. The third-order valence-electron chi connectivity index (χ3n) is 5.54. The van der Waals surface area contributed by atoms with Gasteiger partial charge in [-0.05, 0) is 90.6 Å². The molecule has 9 heteroatoms. The molecule has 5 rings (SSSR count). The maximum absolute atomic E-state index is 13.7. The smallest absolute Gasteiger partial charge is 0.271 e. The van der Waals surface area contributed by atoms with E-state index in [-0.39, 0.29) is 5.91 Å². The Morgan fingerprint density at radius 3 is 2.29 bits per heavy atom. The van der Waals surface area contributed by atoms with E-state index in [1.54, 1.807) is 53.4 Å². The van der Waals surface area contributed by atoms with Crippen LogP contribution in [0.25, 0.3) is 6.08 Å². The van der Waals surface area contributed by atoms with Crippen LogP contribution in [0.1, 0.15) is 11.1 Å². The first-order valence-electron chi connectivity index (χ1n) is 11.4. The van der Waals surface area contributed by atoms with Crippen LogP contribution in [0.3, 0.4) is 0 Å². The SMILES string of the molecule is O=C1/C(=C/c2cc(Br)ccc2OCc2ccccc2Cl)SC(=Nc2ccc(Cl)cc2)N1c1ccc(Cl)cc1. The second-order valence-corrected chi connectivity index (χ2v) is 11.4. The zero-order chi connectivity index (χ0) is 26.6.